The van der Waals surface area contributed by atoms with Gasteiger partial charge in [0.2, 0.25) is 15.9 Å². The van der Waals surface area contributed by atoms with Crippen LogP contribution in [0.3, 0.4) is 0 Å². The lowest BCUT2D eigenvalue weighted by Gasteiger charge is -2.58. The Kier molecular flexibility index (Phi) is 5.96. The van der Waals surface area contributed by atoms with E-state index in [0.717, 1.165) is 16.7 Å². The van der Waals surface area contributed by atoms with Gasteiger partial charge in [-0.05, 0) is 42.0 Å². The van der Waals surface area contributed by atoms with Crippen LogP contribution in [0.2, 0.25) is 0 Å². The van der Waals surface area contributed by atoms with Crippen molar-refractivity contribution in [1.29, 1.82) is 0 Å². The van der Waals surface area contributed by atoms with Crippen LogP contribution in [0.4, 0.5) is 0 Å². The van der Waals surface area contributed by atoms with Crippen molar-refractivity contribution in [3.05, 3.63) is 102 Å². The van der Waals surface area contributed by atoms with Gasteiger partial charge in [0.15, 0.2) is 0 Å². The molecule has 7 heteroatoms. The summed E-state index contributed by atoms with van der Waals surface area (Å²) in [5, 5.41) is 10.00. The quantitative estimate of drug-likeness (QED) is 0.592. The Morgan fingerprint density at radius 2 is 1.44 bits per heavy atom. The molecule has 0 saturated carbocycles. The second-order valence-corrected chi connectivity index (χ2v) is 10.4. The average molecular weight is 473 g/mol. The van der Waals surface area contributed by atoms with Gasteiger partial charge in [0.1, 0.15) is 0 Å². The molecule has 1 N–H and O–H groups in total. The lowest BCUT2D eigenvalue weighted by atomic mass is 9.74. The Morgan fingerprint density at radius 1 is 0.853 bits per heavy atom. The lowest BCUT2D eigenvalue weighted by molar-refractivity contribution is -0.158. The summed E-state index contributed by atoms with van der Waals surface area (Å²) in [5.74, 6) is 5.84. The number of hydrogen-bond acceptors (Lipinski definition) is 4. The molecule has 2 aliphatic rings. The number of aliphatic hydroxyl groups excluding tert-OH is 1. The van der Waals surface area contributed by atoms with E-state index in [0.29, 0.717) is 0 Å². The number of nitrogens with zero attached hydrogens (tertiary/aromatic N) is 2. The van der Waals surface area contributed by atoms with E-state index in [1.807, 2.05) is 54.6 Å². The van der Waals surface area contributed by atoms with Crippen molar-refractivity contribution in [2.45, 2.75) is 22.9 Å². The number of benzene rings is 3. The molecule has 5 rings (SSSR count). The molecule has 2 aliphatic heterocycles. The molecule has 0 radical (unpaired) electrons. The van der Waals surface area contributed by atoms with E-state index in [2.05, 4.69) is 11.8 Å². The smallest absolute Gasteiger partial charge is 0.243 e. The number of fused-ring (bicyclic) bond motifs is 1. The summed E-state index contributed by atoms with van der Waals surface area (Å²) in [5.41, 5.74) is 2.75. The van der Waals surface area contributed by atoms with Crippen LogP contribution < -0.4 is 0 Å². The number of aliphatic hydroxyl groups is 1. The predicted molar refractivity (Wildman–Crippen MR) is 128 cm³/mol. The Labute approximate surface area is 199 Å². The molecular weight excluding hydrogens is 448 g/mol. The number of rotatable bonds is 4. The van der Waals surface area contributed by atoms with Crippen LogP contribution in [0.1, 0.15) is 22.6 Å². The van der Waals surface area contributed by atoms with Crippen molar-refractivity contribution in [3.8, 4) is 11.8 Å². The summed E-state index contributed by atoms with van der Waals surface area (Å²) in [6, 6.07) is 25.0. The summed E-state index contributed by atoms with van der Waals surface area (Å²) >= 11 is 0. The number of sulfonamides is 1. The maximum Gasteiger partial charge on any atom is 0.243 e. The minimum atomic E-state index is -3.78. The SMILES string of the molecule is O=C1CN(S(=O)(=O)c2ccccc2)C[C@@H]2[C@H](c3ccc(C#Cc4ccccc4)cc3)[C@H](CO)N12. The van der Waals surface area contributed by atoms with Crippen LogP contribution >= 0.6 is 0 Å². The standard InChI is InChI=1S/C27H24N2O4S/c30-19-25-27(22-15-13-21(14-16-22)12-11-20-7-3-1-4-8-20)24-17-28(18-26(31)29(24)25)34(32,33)23-9-5-2-6-10-23/h1-10,13-16,24-25,27,30H,17-19H2/t24-,25+,27+/m1/s1. The van der Waals surface area contributed by atoms with Gasteiger partial charge in [0, 0.05) is 23.6 Å². The van der Waals surface area contributed by atoms with Crippen LogP contribution in [0.25, 0.3) is 0 Å². The molecule has 34 heavy (non-hydrogen) atoms. The van der Waals surface area contributed by atoms with E-state index in [9.17, 15) is 18.3 Å². The van der Waals surface area contributed by atoms with Gasteiger partial charge >= 0.3 is 0 Å². The van der Waals surface area contributed by atoms with Crippen molar-refractivity contribution in [1.82, 2.24) is 9.21 Å². The molecular formula is C27H24N2O4S. The highest BCUT2D eigenvalue weighted by atomic mass is 32.2. The molecule has 0 unspecified atom stereocenters. The summed E-state index contributed by atoms with van der Waals surface area (Å²) in [7, 11) is -3.78. The van der Waals surface area contributed by atoms with E-state index in [-0.39, 0.29) is 48.5 Å². The zero-order valence-corrected chi connectivity index (χ0v) is 19.2. The molecule has 6 nitrogen and oxygen atoms in total. The van der Waals surface area contributed by atoms with E-state index in [4.69, 9.17) is 0 Å². The second kappa shape index (κ2) is 9.07. The van der Waals surface area contributed by atoms with E-state index >= 15 is 0 Å². The highest BCUT2D eigenvalue weighted by Gasteiger charge is 2.55. The van der Waals surface area contributed by atoms with Crippen molar-refractivity contribution >= 4 is 15.9 Å². The van der Waals surface area contributed by atoms with Gasteiger partial charge in [-0.2, -0.15) is 4.31 Å². The third-order valence-corrected chi connectivity index (χ3v) is 8.35. The number of amides is 1. The van der Waals surface area contributed by atoms with Gasteiger partial charge in [-0.1, -0.05) is 60.4 Å². The van der Waals surface area contributed by atoms with E-state index in [1.54, 1.807) is 23.1 Å². The van der Waals surface area contributed by atoms with Crippen LogP contribution in [0, 0.1) is 11.8 Å². The largest absolute Gasteiger partial charge is 0.394 e. The molecule has 1 amide bonds. The lowest BCUT2D eigenvalue weighted by Crippen LogP contribution is -2.73. The zero-order valence-electron chi connectivity index (χ0n) is 18.4. The van der Waals surface area contributed by atoms with Crippen LogP contribution in [0.5, 0.6) is 0 Å². The molecule has 3 atom stereocenters. The van der Waals surface area contributed by atoms with E-state index in [1.165, 1.54) is 16.4 Å². The topological polar surface area (TPSA) is 77.9 Å². The monoisotopic (exact) mass is 472 g/mol. The van der Waals surface area contributed by atoms with Gasteiger partial charge in [-0.25, -0.2) is 8.42 Å². The minimum absolute atomic E-state index is 0.154. The van der Waals surface area contributed by atoms with Crippen LogP contribution in [0.15, 0.2) is 89.8 Å². The summed E-state index contributed by atoms with van der Waals surface area (Å²) in [6.07, 6.45) is 0. The normalized spacial score (nSPS) is 22.3. The first-order chi connectivity index (χ1) is 16.5. The van der Waals surface area contributed by atoms with Gasteiger partial charge < -0.3 is 10.0 Å². The molecule has 0 spiro atoms. The van der Waals surface area contributed by atoms with Gasteiger partial charge in [0.05, 0.1) is 30.1 Å². The first kappa shape index (κ1) is 22.4. The number of hydrogen-bond donors (Lipinski definition) is 1. The fraction of sp³-hybridized carbons (Fsp3) is 0.222. The molecule has 0 bridgehead atoms. The van der Waals surface area contributed by atoms with Crippen molar-refractivity contribution in [2.24, 2.45) is 0 Å². The Balaban J connectivity index is 1.38. The molecule has 2 heterocycles. The Hall–Kier alpha value is -3.44. The van der Waals surface area contributed by atoms with Crippen LogP contribution in [-0.4, -0.2) is 60.4 Å². The summed E-state index contributed by atoms with van der Waals surface area (Å²) in [6.45, 7) is -0.196. The third-order valence-electron chi connectivity index (χ3n) is 6.52. The van der Waals surface area contributed by atoms with Crippen molar-refractivity contribution in [2.75, 3.05) is 19.7 Å². The minimum Gasteiger partial charge on any atom is -0.394 e. The molecule has 2 fully saturated rings. The number of carbonyl (C=O) groups excluding carboxylic acids is 1. The second-order valence-electron chi connectivity index (χ2n) is 8.49. The third kappa shape index (κ3) is 4.01. The highest BCUT2D eigenvalue weighted by Crippen LogP contribution is 2.43. The predicted octanol–water partition coefficient (Wildman–Crippen LogP) is 2.45. The number of carbonyl (C=O) groups is 1. The Bertz CT molecular complexity index is 1350. The number of piperazine rings is 1. The molecule has 172 valence electrons. The van der Waals surface area contributed by atoms with Crippen LogP contribution in [-0.2, 0) is 14.8 Å². The maximum atomic E-state index is 13.1. The first-order valence-corrected chi connectivity index (χ1v) is 12.6. The molecule has 2 saturated heterocycles. The van der Waals surface area contributed by atoms with Gasteiger partial charge in [-0.3, -0.25) is 4.79 Å². The van der Waals surface area contributed by atoms with E-state index < -0.39 is 10.0 Å². The Morgan fingerprint density at radius 3 is 2.06 bits per heavy atom. The van der Waals surface area contributed by atoms with Gasteiger partial charge in [-0.15, -0.1) is 0 Å². The zero-order chi connectivity index (χ0) is 23.7. The molecule has 3 aromatic rings. The summed E-state index contributed by atoms with van der Waals surface area (Å²) < 4.78 is 27.5. The van der Waals surface area contributed by atoms with Crippen molar-refractivity contribution in [3.63, 3.8) is 0 Å². The molecule has 0 aliphatic carbocycles. The van der Waals surface area contributed by atoms with Crippen molar-refractivity contribution < 1.29 is 18.3 Å². The van der Waals surface area contributed by atoms with Gasteiger partial charge in [0.25, 0.3) is 0 Å². The molecule has 3 aromatic carbocycles. The fourth-order valence-corrected chi connectivity index (χ4v) is 6.28. The highest BCUT2D eigenvalue weighted by molar-refractivity contribution is 7.89. The molecule has 0 aromatic heterocycles. The maximum absolute atomic E-state index is 13.1. The average Bonchev–Trinajstić information content (AvgIpc) is 2.86. The summed E-state index contributed by atoms with van der Waals surface area (Å²) in [4.78, 5) is 14.7. The first-order valence-electron chi connectivity index (χ1n) is 11.1. The fourth-order valence-electron chi connectivity index (χ4n) is 4.85.